The number of imidazole rings is 1. The van der Waals surface area contributed by atoms with Gasteiger partial charge in [-0.2, -0.15) is 0 Å². The summed E-state index contributed by atoms with van der Waals surface area (Å²) in [6.07, 6.45) is 7.61. The van der Waals surface area contributed by atoms with Gasteiger partial charge in [0.15, 0.2) is 0 Å². The summed E-state index contributed by atoms with van der Waals surface area (Å²) < 4.78 is 3.36. The summed E-state index contributed by atoms with van der Waals surface area (Å²) in [5, 5.41) is 0. The second-order valence-electron chi connectivity index (χ2n) is 5.67. The van der Waals surface area contributed by atoms with Crippen molar-refractivity contribution in [3.63, 3.8) is 0 Å². The summed E-state index contributed by atoms with van der Waals surface area (Å²) in [6.45, 7) is 2.05. The van der Waals surface area contributed by atoms with Crippen LogP contribution >= 0.6 is 15.9 Å². The lowest BCUT2D eigenvalue weighted by atomic mass is 10.00. The molecule has 3 nitrogen and oxygen atoms in total. The number of hydrogen-bond acceptors (Lipinski definition) is 2. The number of aryl methyl sites for hydroxylation is 1. The largest absolute Gasteiger partial charge is 0.328 e. The van der Waals surface area contributed by atoms with Gasteiger partial charge in [-0.15, -0.1) is 0 Å². The van der Waals surface area contributed by atoms with Crippen LogP contribution in [0.25, 0.3) is 5.69 Å². The van der Waals surface area contributed by atoms with Gasteiger partial charge in [0, 0.05) is 16.2 Å². The monoisotopic (exact) mass is 333 g/mol. The number of halogens is 1. The molecular formula is C16H20BrN3. The van der Waals surface area contributed by atoms with Crippen molar-refractivity contribution in [3.8, 4) is 5.69 Å². The Hall–Kier alpha value is -1.13. The van der Waals surface area contributed by atoms with E-state index in [9.17, 15) is 0 Å². The number of nitrogens with zero attached hydrogens (tertiary/aromatic N) is 2. The van der Waals surface area contributed by atoms with Crippen molar-refractivity contribution in [1.29, 1.82) is 0 Å². The van der Waals surface area contributed by atoms with E-state index in [0.29, 0.717) is 0 Å². The topological polar surface area (TPSA) is 43.8 Å². The SMILES string of the molecule is CC(N)Cc1ccc(Br)cc1-n1cnc2c1CCCC2. The molecule has 20 heavy (non-hydrogen) atoms. The summed E-state index contributed by atoms with van der Waals surface area (Å²) in [5.41, 5.74) is 11.1. The highest BCUT2D eigenvalue weighted by molar-refractivity contribution is 9.10. The van der Waals surface area contributed by atoms with E-state index < -0.39 is 0 Å². The summed E-state index contributed by atoms with van der Waals surface area (Å²) in [5.74, 6) is 0. The second kappa shape index (κ2) is 5.70. The lowest BCUT2D eigenvalue weighted by Gasteiger charge is -2.18. The first-order chi connectivity index (χ1) is 9.65. The fourth-order valence-corrected chi connectivity index (χ4v) is 3.31. The lowest BCUT2D eigenvalue weighted by Crippen LogP contribution is -2.19. The summed E-state index contributed by atoms with van der Waals surface area (Å²) in [6, 6.07) is 6.59. The van der Waals surface area contributed by atoms with Gasteiger partial charge in [0.05, 0.1) is 17.7 Å². The van der Waals surface area contributed by atoms with Gasteiger partial charge < -0.3 is 10.3 Å². The third-order valence-electron chi connectivity index (χ3n) is 3.88. The molecule has 106 valence electrons. The Balaban J connectivity index is 2.08. The van der Waals surface area contributed by atoms with E-state index in [-0.39, 0.29) is 6.04 Å². The Labute approximate surface area is 128 Å². The van der Waals surface area contributed by atoms with Crippen LogP contribution in [0.2, 0.25) is 0 Å². The van der Waals surface area contributed by atoms with Crippen LogP contribution in [0, 0.1) is 0 Å². The van der Waals surface area contributed by atoms with Crippen molar-refractivity contribution in [2.45, 2.75) is 45.1 Å². The minimum atomic E-state index is 0.161. The third kappa shape index (κ3) is 2.67. The zero-order valence-corrected chi connectivity index (χ0v) is 13.4. The molecule has 1 unspecified atom stereocenters. The van der Waals surface area contributed by atoms with Crippen molar-refractivity contribution < 1.29 is 0 Å². The fraction of sp³-hybridized carbons (Fsp3) is 0.438. The van der Waals surface area contributed by atoms with Gasteiger partial charge in [-0.1, -0.05) is 22.0 Å². The fourth-order valence-electron chi connectivity index (χ4n) is 2.96. The van der Waals surface area contributed by atoms with E-state index in [4.69, 9.17) is 5.73 Å². The predicted octanol–water partition coefficient (Wildman–Crippen LogP) is 3.40. The number of rotatable bonds is 3. The van der Waals surface area contributed by atoms with Gasteiger partial charge in [0.2, 0.25) is 0 Å². The molecule has 0 saturated carbocycles. The van der Waals surface area contributed by atoms with E-state index in [1.807, 2.05) is 6.33 Å². The molecule has 1 aromatic heterocycles. The first-order valence-electron chi connectivity index (χ1n) is 7.24. The van der Waals surface area contributed by atoms with Crippen molar-refractivity contribution in [2.24, 2.45) is 5.73 Å². The summed E-state index contributed by atoms with van der Waals surface area (Å²) >= 11 is 3.58. The van der Waals surface area contributed by atoms with Gasteiger partial charge in [0.25, 0.3) is 0 Å². The van der Waals surface area contributed by atoms with Gasteiger partial charge >= 0.3 is 0 Å². The molecule has 4 heteroatoms. The van der Waals surface area contributed by atoms with Crippen molar-refractivity contribution in [2.75, 3.05) is 0 Å². The van der Waals surface area contributed by atoms with Crippen molar-refractivity contribution >= 4 is 15.9 Å². The van der Waals surface area contributed by atoms with Crippen LogP contribution < -0.4 is 5.73 Å². The minimum Gasteiger partial charge on any atom is -0.328 e. The first-order valence-corrected chi connectivity index (χ1v) is 8.04. The molecule has 2 N–H and O–H groups in total. The molecule has 0 spiro atoms. The Morgan fingerprint density at radius 1 is 1.35 bits per heavy atom. The van der Waals surface area contributed by atoms with E-state index in [0.717, 1.165) is 23.7 Å². The molecule has 0 bridgehead atoms. The van der Waals surface area contributed by atoms with E-state index in [2.05, 4.69) is 50.6 Å². The standard InChI is InChI=1S/C16H20BrN3/c1-11(18)8-12-6-7-13(17)9-16(12)20-10-19-14-4-2-3-5-15(14)20/h6-7,9-11H,2-5,8,18H2,1H3. The van der Waals surface area contributed by atoms with Crippen molar-refractivity contribution in [1.82, 2.24) is 9.55 Å². The molecule has 2 aromatic rings. The highest BCUT2D eigenvalue weighted by atomic mass is 79.9. The minimum absolute atomic E-state index is 0.161. The molecule has 0 aliphatic heterocycles. The maximum absolute atomic E-state index is 5.99. The summed E-state index contributed by atoms with van der Waals surface area (Å²) in [4.78, 5) is 4.60. The molecule has 1 aliphatic carbocycles. The Morgan fingerprint density at radius 2 is 2.15 bits per heavy atom. The normalized spacial score (nSPS) is 15.9. The predicted molar refractivity (Wildman–Crippen MR) is 85.3 cm³/mol. The molecule has 1 atom stereocenters. The second-order valence-corrected chi connectivity index (χ2v) is 6.59. The maximum atomic E-state index is 5.99. The van der Waals surface area contributed by atoms with E-state index in [1.165, 1.54) is 35.5 Å². The van der Waals surface area contributed by atoms with Crippen LogP contribution in [0.15, 0.2) is 29.0 Å². The highest BCUT2D eigenvalue weighted by Gasteiger charge is 2.18. The smallest absolute Gasteiger partial charge is 0.0997 e. The van der Waals surface area contributed by atoms with Crippen LogP contribution in [0.3, 0.4) is 0 Å². The van der Waals surface area contributed by atoms with Crippen LogP contribution in [0.4, 0.5) is 0 Å². The van der Waals surface area contributed by atoms with Crippen LogP contribution in [0.5, 0.6) is 0 Å². The molecule has 0 amide bonds. The Kier molecular flexibility index (Phi) is 3.94. The van der Waals surface area contributed by atoms with Gasteiger partial charge in [-0.05, 0) is 56.7 Å². The first kappa shape index (κ1) is 13.8. The lowest BCUT2D eigenvalue weighted by molar-refractivity contribution is 0.654. The zero-order chi connectivity index (χ0) is 14.1. The molecule has 1 aliphatic rings. The summed E-state index contributed by atoms with van der Waals surface area (Å²) in [7, 11) is 0. The van der Waals surface area contributed by atoms with Crippen LogP contribution in [-0.2, 0) is 19.3 Å². The van der Waals surface area contributed by atoms with E-state index in [1.54, 1.807) is 0 Å². The Bertz CT molecular complexity index is 616. The molecule has 0 fully saturated rings. The number of aromatic nitrogens is 2. The van der Waals surface area contributed by atoms with Gasteiger partial charge in [0.1, 0.15) is 0 Å². The number of nitrogens with two attached hydrogens (primary N) is 1. The quantitative estimate of drug-likeness (QED) is 0.935. The number of hydrogen-bond donors (Lipinski definition) is 1. The highest BCUT2D eigenvalue weighted by Crippen LogP contribution is 2.27. The Morgan fingerprint density at radius 3 is 2.95 bits per heavy atom. The van der Waals surface area contributed by atoms with Gasteiger partial charge in [-0.3, -0.25) is 0 Å². The van der Waals surface area contributed by atoms with Gasteiger partial charge in [-0.25, -0.2) is 4.98 Å². The van der Waals surface area contributed by atoms with E-state index >= 15 is 0 Å². The average molecular weight is 334 g/mol. The molecule has 1 aromatic carbocycles. The average Bonchev–Trinajstić information content (AvgIpc) is 2.84. The maximum Gasteiger partial charge on any atom is 0.0997 e. The van der Waals surface area contributed by atoms with Crippen LogP contribution in [-0.4, -0.2) is 15.6 Å². The number of benzene rings is 1. The van der Waals surface area contributed by atoms with Crippen molar-refractivity contribution in [3.05, 3.63) is 46.0 Å². The third-order valence-corrected chi connectivity index (χ3v) is 4.37. The zero-order valence-electron chi connectivity index (χ0n) is 11.8. The number of fused-ring (bicyclic) bond motifs is 1. The van der Waals surface area contributed by atoms with Crippen LogP contribution in [0.1, 0.15) is 36.7 Å². The molecule has 1 heterocycles. The molecular weight excluding hydrogens is 314 g/mol. The molecule has 0 saturated heterocycles. The molecule has 0 radical (unpaired) electrons. The molecule has 3 rings (SSSR count).